The molecule has 1 nitrogen and oxygen atoms in total. The van der Waals surface area contributed by atoms with Gasteiger partial charge in [0, 0.05) is 0 Å². The van der Waals surface area contributed by atoms with Crippen molar-refractivity contribution < 1.29 is 13.2 Å². The molecule has 0 amide bonds. The zero-order chi connectivity index (χ0) is 9.90. The van der Waals surface area contributed by atoms with E-state index >= 15 is 0 Å². The lowest BCUT2D eigenvalue weighted by molar-refractivity contribution is -0.0895. The van der Waals surface area contributed by atoms with Gasteiger partial charge in [0.05, 0.1) is 11.3 Å². The SMILES string of the molecule is C=NC1=CCCCC=C1C(F)(F)F. The van der Waals surface area contributed by atoms with Crippen LogP contribution in [-0.4, -0.2) is 12.9 Å². The van der Waals surface area contributed by atoms with Crippen LogP contribution in [0.2, 0.25) is 0 Å². The lowest BCUT2D eigenvalue weighted by Crippen LogP contribution is -2.12. The second kappa shape index (κ2) is 3.77. The van der Waals surface area contributed by atoms with E-state index in [1.54, 1.807) is 0 Å². The molecule has 72 valence electrons. The fraction of sp³-hybridized carbons (Fsp3) is 0.444. The molecule has 0 aliphatic heterocycles. The maximum absolute atomic E-state index is 12.4. The van der Waals surface area contributed by atoms with Gasteiger partial charge in [-0.1, -0.05) is 12.2 Å². The highest BCUT2D eigenvalue weighted by atomic mass is 19.4. The third-order valence-corrected chi connectivity index (χ3v) is 1.85. The van der Waals surface area contributed by atoms with Gasteiger partial charge in [-0.2, -0.15) is 13.2 Å². The van der Waals surface area contributed by atoms with Crippen molar-refractivity contribution in [2.75, 3.05) is 0 Å². The summed E-state index contributed by atoms with van der Waals surface area (Å²) in [6, 6.07) is 0. The molecule has 0 atom stereocenters. The third-order valence-electron chi connectivity index (χ3n) is 1.85. The Hall–Kier alpha value is -1.06. The smallest absolute Gasteiger partial charge is 0.264 e. The first-order chi connectivity index (χ1) is 6.05. The Labute approximate surface area is 74.7 Å². The Kier molecular flexibility index (Phi) is 2.90. The highest BCUT2D eigenvalue weighted by Gasteiger charge is 2.35. The van der Waals surface area contributed by atoms with Crippen molar-refractivity contribution in [3.05, 3.63) is 23.4 Å². The predicted octanol–water partition coefficient (Wildman–Crippen LogP) is 3.24. The van der Waals surface area contributed by atoms with E-state index in [4.69, 9.17) is 0 Å². The summed E-state index contributed by atoms with van der Waals surface area (Å²) >= 11 is 0. The lowest BCUT2D eigenvalue weighted by Gasteiger charge is -2.10. The molecule has 0 N–H and O–H groups in total. The highest BCUT2D eigenvalue weighted by Crippen LogP contribution is 2.33. The van der Waals surface area contributed by atoms with Crippen LogP contribution in [0.1, 0.15) is 19.3 Å². The third kappa shape index (κ3) is 2.44. The number of allylic oxidation sites excluding steroid dienone is 3. The Morgan fingerprint density at radius 3 is 2.38 bits per heavy atom. The summed E-state index contributed by atoms with van der Waals surface area (Å²) in [7, 11) is 0. The Balaban J connectivity index is 3.01. The molecule has 0 radical (unpaired) electrons. The van der Waals surface area contributed by atoms with E-state index in [0.717, 1.165) is 6.42 Å². The summed E-state index contributed by atoms with van der Waals surface area (Å²) in [5.74, 6) is 0. The molecule has 1 aliphatic rings. The van der Waals surface area contributed by atoms with E-state index in [0.29, 0.717) is 12.8 Å². The maximum atomic E-state index is 12.4. The Bertz CT molecular complexity index is 261. The lowest BCUT2D eigenvalue weighted by atomic mass is 10.1. The van der Waals surface area contributed by atoms with Crippen LogP contribution < -0.4 is 0 Å². The molecule has 0 fully saturated rings. The van der Waals surface area contributed by atoms with Crippen LogP contribution in [-0.2, 0) is 0 Å². The van der Waals surface area contributed by atoms with Crippen LogP contribution in [0, 0.1) is 0 Å². The van der Waals surface area contributed by atoms with Gasteiger partial charge in [0.15, 0.2) is 0 Å². The molecule has 1 aliphatic carbocycles. The van der Waals surface area contributed by atoms with E-state index in [9.17, 15) is 13.2 Å². The standard InChI is InChI=1S/C9H10F3N/c1-13-8-6-4-2-3-5-7(8)9(10,11)12/h5-6H,1-4H2. The summed E-state index contributed by atoms with van der Waals surface area (Å²) in [4.78, 5) is 3.38. The molecule has 1 rings (SSSR count). The molecule has 13 heavy (non-hydrogen) atoms. The average Bonchev–Trinajstić information content (AvgIpc) is 2.26. The van der Waals surface area contributed by atoms with Crippen LogP contribution in [0.5, 0.6) is 0 Å². The normalized spacial score (nSPS) is 18.7. The Morgan fingerprint density at radius 1 is 1.23 bits per heavy atom. The second-order valence-electron chi connectivity index (χ2n) is 2.79. The predicted molar refractivity (Wildman–Crippen MR) is 45.6 cm³/mol. The molecule has 0 aromatic heterocycles. The summed E-state index contributed by atoms with van der Waals surface area (Å²) < 4.78 is 37.1. The van der Waals surface area contributed by atoms with E-state index in [2.05, 4.69) is 11.7 Å². The molecule has 0 heterocycles. The van der Waals surface area contributed by atoms with Gasteiger partial charge < -0.3 is 0 Å². The number of hydrogen-bond acceptors (Lipinski definition) is 1. The van der Waals surface area contributed by atoms with Gasteiger partial charge in [-0.15, -0.1) is 0 Å². The van der Waals surface area contributed by atoms with Crippen molar-refractivity contribution in [3.8, 4) is 0 Å². The summed E-state index contributed by atoms with van der Waals surface area (Å²) in [5, 5.41) is 0. The van der Waals surface area contributed by atoms with Crippen LogP contribution in [0.4, 0.5) is 13.2 Å². The van der Waals surface area contributed by atoms with E-state index in [1.165, 1.54) is 12.2 Å². The first-order valence-electron chi connectivity index (χ1n) is 4.00. The van der Waals surface area contributed by atoms with Crippen molar-refractivity contribution in [1.82, 2.24) is 0 Å². The van der Waals surface area contributed by atoms with Crippen molar-refractivity contribution in [1.29, 1.82) is 0 Å². The van der Waals surface area contributed by atoms with Gasteiger partial charge >= 0.3 is 6.18 Å². The van der Waals surface area contributed by atoms with Crippen LogP contribution in [0.3, 0.4) is 0 Å². The molecule has 0 unspecified atom stereocenters. The number of hydrogen-bond donors (Lipinski definition) is 0. The van der Waals surface area contributed by atoms with Gasteiger partial charge in [-0.3, -0.25) is 4.99 Å². The highest BCUT2D eigenvalue weighted by molar-refractivity contribution is 5.41. The molecule has 0 aromatic rings. The molecule has 0 saturated heterocycles. The number of alkyl halides is 3. The molecule has 0 bridgehead atoms. The van der Waals surface area contributed by atoms with Crippen molar-refractivity contribution in [3.63, 3.8) is 0 Å². The van der Waals surface area contributed by atoms with E-state index in [1.807, 2.05) is 0 Å². The van der Waals surface area contributed by atoms with E-state index < -0.39 is 11.7 Å². The number of rotatable bonds is 1. The quantitative estimate of drug-likeness (QED) is 0.561. The monoisotopic (exact) mass is 189 g/mol. The second-order valence-corrected chi connectivity index (χ2v) is 2.79. The fourth-order valence-electron chi connectivity index (χ4n) is 1.23. The van der Waals surface area contributed by atoms with Crippen LogP contribution in [0.25, 0.3) is 0 Å². The van der Waals surface area contributed by atoms with Gasteiger partial charge in [0.25, 0.3) is 0 Å². The van der Waals surface area contributed by atoms with E-state index in [-0.39, 0.29) is 5.70 Å². The molecule has 0 spiro atoms. The number of aliphatic imine (C=N–C) groups is 1. The van der Waals surface area contributed by atoms with Gasteiger partial charge in [0.1, 0.15) is 0 Å². The fourth-order valence-corrected chi connectivity index (χ4v) is 1.23. The van der Waals surface area contributed by atoms with Crippen molar-refractivity contribution in [2.24, 2.45) is 4.99 Å². The number of nitrogens with zero attached hydrogens (tertiary/aromatic N) is 1. The first-order valence-corrected chi connectivity index (χ1v) is 4.00. The van der Waals surface area contributed by atoms with Gasteiger partial charge in [-0.05, 0) is 26.0 Å². The minimum atomic E-state index is -4.31. The molecular formula is C9H10F3N. The van der Waals surface area contributed by atoms with Crippen molar-refractivity contribution in [2.45, 2.75) is 25.4 Å². The average molecular weight is 189 g/mol. The van der Waals surface area contributed by atoms with Crippen molar-refractivity contribution >= 4 is 6.72 Å². The van der Waals surface area contributed by atoms with Gasteiger partial charge in [-0.25, -0.2) is 0 Å². The minimum Gasteiger partial charge on any atom is -0.264 e. The summed E-state index contributed by atoms with van der Waals surface area (Å²) in [6.07, 6.45) is 0.178. The zero-order valence-electron chi connectivity index (χ0n) is 7.06. The topological polar surface area (TPSA) is 12.4 Å². The van der Waals surface area contributed by atoms with Crippen LogP contribution in [0.15, 0.2) is 28.4 Å². The van der Waals surface area contributed by atoms with Crippen LogP contribution >= 0.6 is 0 Å². The minimum absolute atomic E-state index is 0.0370. The Morgan fingerprint density at radius 2 is 1.85 bits per heavy atom. The largest absolute Gasteiger partial charge is 0.418 e. The molecular weight excluding hydrogens is 179 g/mol. The number of halogens is 3. The molecule has 0 saturated carbocycles. The molecule has 4 heteroatoms. The summed E-state index contributed by atoms with van der Waals surface area (Å²) in [6.45, 7) is 3.13. The molecule has 0 aromatic carbocycles. The zero-order valence-corrected chi connectivity index (χ0v) is 7.06. The van der Waals surface area contributed by atoms with Gasteiger partial charge in [0.2, 0.25) is 0 Å². The maximum Gasteiger partial charge on any atom is 0.418 e. The summed E-state index contributed by atoms with van der Waals surface area (Å²) in [5.41, 5.74) is -0.690. The first kappa shape index (κ1) is 10.0.